The molecule has 0 fully saturated rings. The Labute approximate surface area is 186 Å². The third-order valence-corrected chi connectivity index (χ3v) is 6.52. The average molecular weight is 407 g/mol. The van der Waals surface area contributed by atoms with Crippen LogP contribution < -0.4 is 0 Å². The molecule has 0 bridgehead atoms. The van der Waals surface area contributed by atoms with Crippen molar-refractivity contribution in [1.29, 1.82) is 0 Å². The first-order valence-corrected chi connectivity index (χ1v) is 14.0. The van der Waals surface area contributed by atoms with Crippen molar-refractivity contribution in [1.82, 2.24) is 0 Å². The number of hydrogen-bond donors (Lipinski definition) is 0. The molecule has 0 saturated carbocycles. The number of allylic oxidation sites excluding steroid dienone is 2. The molecule has 0 radical (unpaired) electrons. The summed E-state index contributed by atoms with van der Waals surface area (Å²) in [6, 6.07) is 0. The number of unbranched alkanes of at least 4 members (excludes halogenated alkanes) is 18. The van der Waals surface area contributed by atoms with E-state index in [0.29, 0.717) is 0 Å². The molecule has 0 amide bonds. The van der Waals surface area contributed by atoms with Crippen LogP contribution in [0.4, 0.5) is 0 Å². The lowest BCUT2D eigenvalue weighted by atomic mass is 9.96. The highest BCUT2D eigenvalue weighted by Gasteiger charge is 2.02. The Kier molecular flexibility index (Phi) is 25.5. The molecule has 174 valence electrons. The molecular weight excluding hydrogens is 348 g/mol. The van der Waals surface area contributed by atoms with Gasteiger partial charge < -0.3 is 0 Å². The molecule has 0 nitrogen and oxygen atoms in total. The van der Waals surface area contributed by atoms with E-state index < -0.39 is 0 Å². The fraction of sp³-hybridized carbons (Fsp3) is 0.931. The molecule has 0 saturated heterocycles. The van der Waals surface area contributed by atoms with Gasteiger partial charge in [-0.15, -0.1) is 0 Å². The summed E-state index contributed by atoms with van der Waals surface area (Å²) in [5.41, 5.74) is 0. The van der Waals surface area contributed by atoms with Crippen molar-refractivity contribution in [3.8, 4) is 0 Å². The fourth-order valence-corrected chi connectivity index (χ4v) is 4.40. The van der Waals surface area contributed by atoms with E-state index in [9.17, 15) is 0 Å². The van der Waals surface area contributed by atoms with Gasteiger partial charge in [-0.3, -0.25) is 0 Å². The predicted octanol–water partition coefficient (Wildman–Crippen LogP) is 11.2. The van der Waals surface area contributed by atoms with E-state index in [1.165, 1.54) is 148 Å². The van der Waals surface area contributed by atoms with Gasteiger partial charge in [0.05, 0.1) is 0 Å². The maximum absolute atomic E-state index is 2.48. The van der Waals surface area contributed by atoms with Crippen LogP contribution in [0.2, 0.25) is 0 Å². The number of rotatable bonds is 24. The van der Waals surface area contributed by atoms with E-state index in [-0.39, 0.29) is 0 Å². The van der Waals surface area contributed by atoms with Crippen LogP contribution in [0.15, 0.2) is 12.2 Å². The molecule has 1 atom stereocenters. The minimum absolute atomic E-state index is 0.967. The molecule has 0 spiro atoms. The third kappa shape index (κ3) is 25.7. The fourth-order valence-electron chi connectivity index (χ4n) is 4.40. The smallest absolute Gasteiger partial charge is 0.0351 e. The van der Waals surface area contributed by atoms with Crippen molar-refractivity contribution in [2.75, 3.05) is 0 Å². The Morgan fingerprint density at radius 2 is 0.828 bits per heavy atom. The van der Waals surface area contributed by atoms with Gasteiger partial charge in [0.1, 0.15) is 0 Å². The second-order valence-corrected chi connectivity index (χ2v) is 9.71. The highest BCUT2D eigenvalue weighted by atomic mass is 14.1. The third-order valence-electron chi connectivity index (χ3n) is 6.52. The summed E-state index contributed by atoms with van der Waals surface area (Å²) in [4.78, 5) is 0. The highest BCUT2D eigenvalue weighted by molar-refractivity contribution is 4.79. The van der Waals surface area contributed by atoms with E-state index in [2.05, 4.69) is 32.9 Å². The van der Waals surface area contributed by atoms with Gasteiger partial charge in [-0.1, -0.05) is 161 Å². The minimum atomic E-state index is 0.967. The summed E-state index contributed by atoms with van der Waals surface area (Å²) < 4.78 is 0. The molecule has 0 aliphatic rings. The second-order valence-electron chi connectivity index (χ2n) is 9.71. The topological polar surface area (TPSA) is 0 Å². The molecule has 29 heavy (non-hydrogen) atoms. The second kappa shape index (κ2) is 25.8. The summed E-state index contributed by atoms with van der Waals surface area (Å²) in [7, 11) is 0. The predicted molar refractivity (Wildman–Crippen MR) is 136 cm³/mol. The zero-order valence-electron chi connectivity index (χ0n) is 21.0. The lowest BCUT2D eigenvalue weighted by Crippen LogP contribution is -1.95. The molecule has 0 aromatic rings. The van der Waals surface area contributed by atoms with Crippen molar-refractivity contribution >= 4 is 0 Å². The molecule has 0 heterocycles. The summed E-state index contributed by atoms with van der Waals surface area (Å²) in [6.45, 7) is 7.00. The van der Waals surface area contributed by atoms with Crippen LogP contribution in [0.1, 0.15) is 168 Å². The van der Waals surface area contributed by atoms with Crippen LogP contribution in [-0.2, 0) is 0 Å². The number of hydrogen-bond acceptors (Lipinski definition) is 0. The average Bonchev–Trinajstić information content (AvgIpc) is 2.73. The van der Waals surface area contributed by atoms with Gasteiger partial charge in [0.25, 0.3) is 0 Å². The maximum Gasteiger partial charge on any atom is -0.0351 e. The Hall–Kier alpha value is -0.260. The standard InChI is InChI=1S/C29H58/c1-4-6-8-10-12-13-14-15-16-17-18-19-20-21-22-24-26-28-29(3)27-25-23-11-9-7-5-2/h6,8,29H,4-5,7,9-28H2,1-3H3. The van der Waals surface area contributed by atoms with Crippen LogP contribution in [0.5, 0.6) is 0 Å². The minimum Gasteiger partial charge on any atom is -0.0888 e. The van der Waals surface area contributed by atoms with Gasteiger partial charge >= 0.3 is 0 Å². The molecule has 1 unspecified atom stereocenters. The first-order chi connectivity index (χ1) is 14.3. The van der Waals surface area contributed by atoms with Crippen LogP contribution in [0, 0.1) is 5.92 Å². The first-order valence-electron chi connectivity index (χ1n) is 14.0. The summed E-state index contributed by atoms with van der Waals surface area (Å²) in [6.07, 6.45) is 37.9. The normalized spacial score (nSPS) is 12.8. The first kappa shape index (κ1) is 28.7. The van der Waals surface area contributed by atoms with Gasteiger partial charge in [0.15, 0.2) is 0 Å². The Morgan fingerprint density at radius 3 is 1.24 bits per heavy atom. The molecule has 0 rings (SSSR count). The quantitative estimate of drug-likeness (QED) is 0.110. The van der Waals surface area contributed by atoms with E-state index >= 15 is 0 Å². The molecule has 0 aliphatic carbocycles. The van der Waals surface area contributed by atoms with E-state index in [1.807, 2.05) is 0 Å². The van der Waals surface area contributed by atoms with Crippen molar-refractivity contribution < 1.29 is 0 Å². The van der Waals surface area contributed by atoms with Gasteiger partial charge in [0.2, 0.25) is 0 Å². The Bertz CT molecular complexity index is 303. The van der Waals surface area contributed by atoms with Gasteiger partial charge in [-0.2, -0.15) is 0 Å². The lowest BCUT2D eigenvalue weighted by molar-refractivity contribution is 0.430. The van der Waals surface area contributed by atoms with Crippen LogP contribution in [0.3, 0.4) is 0 Å². The maximum atomic E-state index is 2.48. The van der Waals surface area contributed by atoms with Crippen molar-refractivity contribution in [2.24, 2.45) is 5.92 Å². The SMILES string of the molecule is CCC=CCCCCCCCCCCCCCCCC(C)CCCCCCCC. The van der Waals surface area contributed by atoms with E-state index in [4.69, 9.17) is 0 Å². The van der Waals surface area contributed by atoms with Crippen LogP contribution in [-0.4, -0.2) is 0 Å². The van der Waals surface area contributed by atoms with Gasteiger partial charge in [0, 0.05) is 0 Å². The van der Waals surface area contributed by atoms with Crippen molar-refractivity contribution in [3.05, 3.63) is 12.2 Å². The van der Waals surface area contributed by atoms with Crippen molar-refractivity contribution in [3.63, 3.8) is 0 Å². The van der Waals surface area contributed by atoms with Crippen LogP contribution in [0.25, 0.3) is 0 Å². The molecule has 0 aromatic heterocycles. The Morgan fingerprint density at radius 1 is 0.448 bits per heavy atom. The largest absolute Gasteiger partial charge is 0.0888 e. The zero-order valence-corrected chi connectivity index (χ0v) is 21.0. The summed E-state index contributed by atoms with van der Waals surface area (Å²) in [5, 5.41) is 0. The van der Waals surface area contributed by atoms with E-state index in [1.54, 1.807) is 0 Å². The Balaban J connectivity index is 3.11. The summed E-state index contributed by atoms with van der Waals surface area (Å²) in [5.74, 6) is 0.967. The molecule has 0 N–H and O–H groups in total. The van der Waals surface area contributed by atoms with Crippen LogP contribution >= 0.6 is 0 Å². The zero-order chi connectivity index (χ0) is 21.3. The van der Waals surface area contributed by atoms with E-state index in [0.717, 1.165) is 5.92 Å². The van der Waals surface area contributed by atoms with Gasteiger partial charge in [-0.25, -0.2) is 0 Å². The molecule has 0 aromatic carbocycles. The summed E-state index contributed by atoms with van der Waals surface area (Å²) >= 11 is 0. The highest BCUT2D eigenvalue weighted by Crippen LogP contribution is 2.19. The van der Waals surface area contributed by atoms with Gasteiger partial charge in [-0.05, 0) is 25.2 Å². The monoisotopic (exact) mass is 406 g/mol. The molecule has 0 aliphatic heterocycles. The molecule has 0 heteroatoms. The molecular formula is C29H58. The lowest BCUT2D eigenvalue weighted by Gasteiger charge is -2.11. The van der Waals surface area contributed by atoms with Crippen molar-refractivity contribution in [2.45, 2.75) is 168 Å².